The van der Waals surface area contributed by atoms with Gasteiger partial charge in [-0.15, -0.1) is 0 Å². The number of carbonyl (C=O) groups is 2. The summed E-state index contributed by atoms with van der Waals surface area (Å²) in [7, 11) is 2.06. The lowest BCUT2D eigenvalue weighted by atomic mass is 10.1. The fourth-order valence-electron chi connectivity index (χ4n) is 2.97. The first-order valence-corrected chi connectivity index (χ1v) is 7.83. The van der Waals surface area contributed by atoms with E-state index in [-0.39, 0.29) is 11.8 Å². The van der Waals surface area contributed by atoms with E-state index >= 15 is 0 Å². The van der Waals surface area contributed by atoms with Crippen LogP contribution in [0.5, 0.6) is 0 Å². The van der Waals surface area contributed by atoms with Crippen molar-refractivity contribution in [2.75, 3.05) is 38.5 Å². The first-order valence-electron chi connectivity index (χ1n) is 7.83. The molecule has 5 heteroatoms. The first-order chi connectivity index (χ1) is 11.1. The maximum atomic E-state index is 12.9. The van der Waals surface area contributed by atoms with E-state index in [1.807, 2.05) is 35.2 Å². The Balaban J connectivity index is 1.97. The minimum atomic E-state index is -0.137. The summed E-state index contributed by atoms with van der Waals surface area (Å²) in [5.41, 5.74) is 3.12. The zero-order chi connectivity index (χ0) is 16.4. The molecule has 0 bridgehead atoms. The van der Waals surface area contributed by atoms with Crippen LogP contribution >= 0.6 is 0 Å². The SMILES string of the molecule is CC(=O)Nc1cc(C(=O)N2CCN(C)CC2)c2cccccc1-2. The second kappa shape index (κ2) is 6.38. The molecule has 120 valence electrons. The molecule has 2 aliphatic carbocycles. The van der Waals surface area contributed by atoms with Gasteiger partial charge >= 0.3 is 0 Å². The van der Waals surface area contributed by atoms with Crippen LogP contribution < -0.4 is 5.32 Å². The molecule has 2 amide bonds. The van der Waals surface area contributed by atoms with E-state index in [0.29, 0.717) is 11.3 Å². The summed E-state index contributed by atoms with van der Waals surface area (Å²) in [6.45, 7) is 4.71. The normalized spacial score (nSPS) is 15.7. The number of likely N-dealkylation sites (N-methyl/N-ethyl adjacent to an activating group) is 1. The molecule has 23 heavy (non-hydrogen) atoms. The van der Waals surface area contributed by atoms with Crippen LogP contribution in [0.1, 0.15) is 17.3 Å². The van der Waals surface area contributed by atoms with E-state index in [1.165, 1.54) is 6.92 Å². The predicted molar refractivity (Wildman–Crippen MR) is 90.8 cm³/mol. The van der Waals surface area contributed by atoms with Gasteiger partial charge in [0, 0.05) is 49.9 Å². The summed E-state index contributed by atoms with van der Waals surface area (Å²) >= 11 is 0. The third-order valence-corrected chi connectivity index (χ3v) is 4.24. The Hall–Kier alpha value is -2.40. The molecule has 0 aromatic carbocycles. The van der Waals surface area contributed by atoms with Crippen molar-refractivity contribution in [2.45, 2.75) is 6.92 Å². The Labute approximate surface area is 136 Å². The van der Waals surface area contributed by atoms with Crippen molar-refractivity contribution in [3.8, 4) is 11.1 Å². The molecule has 5 nitrogen and oxygen atoms in total. The standard InChI is InChI=1S/C18H21N3O2/c1-13(22)19-17-12-16(14-6-4-3-5-7-15(14)17)18(23)21-10-8-20(2)9-11-21/h3-7,12H,8-11H2,1-2H3,(H,19,22). The monoisotopic (exact) mass is 311 g/mol. The highest BCUT2D eigenvalue weighted by Crippen LogP contribution is 2.36. The molecule has 1 fully saturated rings. The summed E-state index contributed by atoms with van der Waals surface area (Å²) in [5, 5.41) is 2.83. The summed E-state index contributed by atoms with van der Waals surface area (Å²) in [4.78, 5) is 28.5. The molecule has 0 unspecified atom stereocenters. The van der Waals surface area contributed by atoms with Crippen molar-refractivity contribution in [2.24, 2.45) is 0 Å². The summed E-state index contributed by atoms with van der Waals surface area (Å²) in [6.07, 6.45) is 0. The molecule has 0 radical (unpaired) electrons. The number of nitrogens with one attached hydrogen (secondary N) is 1. The third-order valence-electron chi connectivity index (χ3n) is 4.24. The third kappa shape index (κ3) is 3.19. The highest BCUT2D eigenvalue weighted by Gasteiger charge is 2.26. The lowest BCUT2D eigenvalue weighted by Gasteiger charge is -2.32. The van der Waals surface area contributed by atoms with Crippen LogP contribution in [-0.2, 0) is 4.79 Å². The van der Waals surface area contributed by atoms with Crippen molar-refractivity contribution < 1.29 is 9.59 Å². The van der Waals surface area contributed by atoms with Crippen LogP contribution in [0.4, 0.5) is 5.69 Å². The number of carbonyl (C=O) groups excluding carboxylic acids is 2. The molecule has 0 spiro atoms. The largest absolute Gasteiger partial charge is 0.336 e. The number of hydrogen-bond donors (Lipinski definition) is 1. The molecular formula is C18H21N3O2. The summed E-state index contributed by atoms with van der Waals surface area (Å²) in [5.74, 6) is -0.104. The topological polar surface area (TPSA) is 52.7 Å². The van der Waals surface area contributed by atoms with Crippen molar-refractivity contribution in [3.05, 3.63) is 42.0 Å². The fraction of sp³-hybridized carbons (Fsp3) is 0.333. The van der Waals surface area contributed by atoms with Gasteiger partial charge in [-0.2, -0.15) is 0 Å². The Morgan fingerprint density at radius 3 is 2.30 bits per heavy atom. The molecular weight excluding hydrogens is 290 g/mol. The van der Waals surface area contributed by atoms with Crippen LogP contribution in [-0.4, -0.2) is 54.8 Å². The molecule has 3 aliphatic rings. The molecule has 1 N–H and O–H groups in total. The average molecular weight is 311 g/mol. The average Bonchev–Trinajstić information content (AvgIpc) is 2.71. The second-order valence-corrected chi connectivity index (χ2v) is 5.99. The number of amides is 2. The van der Waals surface area contributed by atoms with Gasteiger partial charge in [0.05, 0.1) is 0 Å². The molecule has 0 atom stereocenters. The van der Waals surface area contributed by atoms with E-state index in [4.69, 9.17) is 0 Å². The van der Waals surface area contributed by atoms with Crippen molar-refractivity contribution in [1.29, 1.82) is 0 Å². The van der Waals surface area contributed by atoms with Gasteiger partial charge < -0.3 is 15.1 Å². The quantitative estimate of drug-likeness (QED) is 0.924. The van der Waals surface area contributed by atoms with Gasteiger partial charge in [0.2, 0.25) is 5.91 Å². The molecule has 0 saturated carbocycles. The van der Waals surface area contributed by atoms with E-state index in [0.717, 1.165) is 37.3 Å². The van der Waals surface area contributed by atoms with Gasteiger partial charge in [0.1, 0.15) is 0 Å². The number of hydrogen-bond acceptors (Lipinski definition) is 3. The Morgan fingerprint density at radius 2 is 1.65 bits per heavy atom. The Morgan fingerprint density at radius 1 is 1.00 bits per heavy atom. The summed E-state index contributed by atoms with van der Waals surface area (Å²) < 4.78 is 0. The number of rotatable bonds is 2. The van der Waals surface area contributed by atoms with Gasteiger partial charge in [-0.3, -0.25) is 9.59 Å². The minimum Gasteiger partial charge on any atom is -0.336 e. The Kier molecular flexibility index (Phi) is 4.30. The van der Waals surface area contributed by atoms with Gasteiger partial charge in [0.15, 0.2) is 0 Å². The van der Waals surface area contributed by atoms with Crippen LogP contribution in [0, 0.1) is 0 Å². The summed E-state index contributed by atoms with van der Waals surface area (Å²) in [6, 6.07) is 11.4. The number of piperazine rings is 1. The first kappa shape index (κ1) is 15.5. The highest BCUT2D eigenvalue weighted by molar-refractivity contribution is 6.08. The van der Waals surface area contributed by atoms with Crippen LogP contribution in [0.25, 0.3) is 11.1 Å². The molecule has 0 aromatic rings. The van der Waals surface area contributed by atoms with Crippen molar-refractivity contribution in [1.82, 2.24) is 9.80 Å². The van der Waals surface area contributed by atoms with Crippen LogP contribution in [0.3, 0.4) is 0 Å². The molecule has 1 aliphatic heterocycles. The second-order valence-electron chi connectivity index (χ2n) is 5.99. The lowest BCUT2D eigenvalue weighted by molar-refractivity contribution is -0.114. The Bertz CT molecular complexity index is 705. The highest BCUT2D eigenvalue weighted by atomic mass is 16.2. The van der Waals surface area contributed by atoms with E-state index in [1.54, 1.807) is 6.07 Å². The maximum absolute atomic E-state index is 12.9. The van der Waals surface area contributed by atoms with Gasteiger partial charge in [-0.05, 0) is 18.7 Å². The molecule has 3 rings (SSSR count). The molecule has 1 heterocycles. The number of nitrogens with zero attached hydrogens (tertiary/aromatic N) is 2. The van der Waals surface area contributed by atoms with Crippen LogP contribution in [0.15, 0.2) is 36.4 Å². The maximum Gasteiger partial charge on any atom is 0.254 e. The van der Waals surface area contributed by atoms with E-state index in [9.17, 15) is 9.59 Å². The van der Waals surface area contributed by atoms with E-state index in [2.05, 4.69) is 17.3 Å². The molecule has 0 aromatic heterocycles. The van der Waals surface area contributed by atoms with Gasteiger partial charge in [0.25, 0.3) is 5.91 Å². The van der Waals surface area contributed by atoms with Gasteiger partial charge in [-0.25, -0.2) is 0 Å². The zero-order valence-electron chi connectivity index (χ0n) is 13.5. The molecule has 1 saturated heterocycles. The van der Waals surface area contributed by atoms with Crippen molar-refractivity contribution >= 4 is 17.5 Å². The number of fused-ring (bicyclic) bond motifs is 1. The zero-order valence-corrected chi connectivity index (χ0v) is 13.5. The number of anilines is 1. The predicted octanol–water partition coefficient (Wildman–Crippen LogP) is 2.14. The fourth-order valence-corrected chi connectivity index (χ4v) is 2.97. The smallest absolute Gasteiger partial charge is 0.254 e. The van der Waals surface area contributed by atoms with E-state index < -0.39 is 0 Å². The van der Waals surface area contributed by atoms with Gasteiger partial charge in [-0.1, -0.05) is 30.3 Å². The van der Waals surface area contributed by atoms with Crippen molar-refractivity contribution in [3.63, 3.8) is 0 Å². The minimum absolute atomic E-state index is 0.0332. The lowest BCUT2D eigenvalue weighted by Crippen LogP contribution is -2.47. The van der Waals surface area contributed by atoms with Crippen LogP contribution in [0.2, 0.25) is 0 Å².